The van der Waals surface area contributed by atoms with E-state index in [0.29, 0.717) is 22.4 Å². The van der Waals surface area contributed by atoms with Crippen LogP contribution in [0.1, 0.15) is 12.5 Å². The highest BCUT2D eigenvalue weighted by Gasteiger charge is 2.54. The third-order valence-electron chi connectivity index (χ3n) is 6.32. The number of amides is 3. The number of hydrogen-bond donors (Lipinski definition) is 4. The Morgan fingerprint density at radius 3 is 2.27 bits per heavy atom. The quantitative estimate of drug-likeness (QED) is 0.246. The lowest BCUT2D eigenvalue weighted by atomic mass is 10.0. The van der Waals surface area contributed by atoms with Crippen LogP contribution in [0.15, 0.2) is 53.8 Å². The minimum Gasteiger partial charge on any atom is -0.477 e. The van der Waals surface area contributed by atoms with Crippen LogP contribution in [0.3, 0.4) is 0 Å². The monoisotopic (exact) mass is 587 g/mol. The summed E-state index contributed by atoms with van der Waals surface area (Å²) in [5.74, 6) is -4.70. The number of nitrogens with one attached hydrogen (secondary N) is 1. The number of allylic oxidation sites excluding steroid dienone is 1. The van der Waals surface area contributed by atoms with Gasteiger partial charge in [-0.2, -0.15) is 13.2 Å². The molecule has 15 heteroatoms. The van der Waals surface area contributed by atoms with Gasteiger partial charge in [-0.3, -0.25) is 19.3 Å². The Morgan fingerprint density at radius 1 is 1.20 bits per heavy atom. The second kappa shape index (κ2) is 13.0. The number of rotatable bonds is 9. The van der Waals surface area contributed by atoms with Crippen LogP contribution in [-0.2, 0) is 30.4 Å². The highest BCUT2D eigenvalue weighted by atomic mass is 32.2. The number of quaternary nitrogens is 1. The summed E-state index contributed by atoms with van der Waals surface area (Å²) in [7, 11) is 3.72. The summed E-state index contributed by atoms with van der Waals surface area (Å²) < 4.78 is 32.1. The van der Waals surface area contributed by atoms with Crippen molar-refractivity contribution >= 4 is 41.4 Å². The van der Waals surface area contributed by atoms with Gasteiger partial charge < -0.3 is 25.7 Å². The van der Waals surface area contributed by atoms with Crippen LogP contribution < -0.4 is 11.1 Å². The van der Waals surface area contributed by atoms with E-state index >= 15 is 0 Å². The lowest BCUT2D eigenvalue weighted by Crippen LogP contribution is -2.70. The van der Waals surface area contributed by atoms with Crippen molar-refractivity contribution in [2.75, 3.05) is 26.4 Å². The second-order valence-corrected chi connectivity index (χ2v) is 10.6. The molecule has 2 aliphatic heterocycles. The molecule has 1 saturated heterocycles. The maximum atomic E-state index is 12.8. The lowest BCUT2D eigenvalue weighted by molar-refractivity contribution is -0.898. The van der Waals surface area contributed by atoms with Crippen molar-refractivity contribution in [3.63, 3.8) is 0 Å². The first-order chi connectivity index (χ1) is 18.5. The Hall–Kier alpha value is -3.85. The summed E-state index contributed by atoms with van der Waals surface area (Å²) >= 11 is 1.41. The minimum absolute atomic E-state index is 0.0678. The number of primary amides is 1. The maximum Gasteiger partial charge on any atom is 0.490 e. The normalized spacial score (nSPS) is 19.6. The molecule has 11 nitrogen and oxygen atoms in total. The fourth-order valence-electron chi connectivity index (χ4n) is 3.75. The number of nitrogens with zero attached hydrogens (tertiary/aromatic N) is 2. The summed E-state index contributed by atoms with van der Waals surface area (Å²) in [6, 6.07) is 8.03. The van der Waals surface area contributed by atoms with Gasteiger partial charge in [0.15, 0.2) is 6.04 Å². The zero-order valence-electron chi connectivity index (χ0n) is 21.8. The molecule has 0 aromatic heterocycles. The average Bonchev–Trinajstić information content (AvgIpc) is 2.86. The van der Waals surface area contributed by atoms with E-state index in [0.717, 1.165) is 5.56 Å². The van der Waals surface area contributed by atoms with Crippen LogP contribution in [0, 0.1) is 0 Å². The van der Waals surface area contributed by atoms with Gasteiger partial charge in [-0.25, -0.2) is 9.59 Å². The number of carboxylic acid groups (broad SMARTS) is 2. The van der Waals surface area contributed by atoms with Gasteiger partial charge in [-0.15, -0.1) is 11.8 Å². The number of carboxylic acids is 2. The number of halogens is 3. The second-order valence-electron chi connectivity index (χ2n) is 9.54. The summed E-state index contributed by atoms with van der Waals surface area (Å²) in [4.78, 5) is 58.8. The number of carbonyl (C=O) groups excluding carboxylic acids is 3. The summed E-state index contributed by atoms with van der Waals surface area (Å²) in [5.41, 5.74) is 6.68. The third-order valence-corrected chi connectivity index (χ3v) is 7.62. The van der Waals surface area contributed by atoms with Gasteiger partial charge in [0.05, 0.1) is 27.1 Å². The van der Waals surface area contributed by atoms with Crippen LogP contribution in [0.2, 0.25) is 0 Å². The van der Waals surface area contributed by atoms with Crippen LogP contribution in [0.5, 0.6) is 0 Å². The van der Waals surface area contributed by atoms with Crippen LogP contribution in [0.4, 0.5) is 13.2 Å². The number of benzene rings is 1. The molecule has 0 spiro atoms. The first kappa shape index (κ1) is 32.4. The third kappa shape index (κ3) is 8.08. The van der Waals surface area contributed by atoms with Crippen molar-refractivity contribution in [2.45, 2.75) is 37.0 Å². The first-order valence-electron chi connectivity index (χ1n) is 11.8. The van der Waals surface area contributed by atoms with E-state index in [4.69, 9.17) is 15.6 Å². The maximum absolute atomic E-state index is 12.8. The number of hydrogen-bond acceptors (Lipinski definition) is 6. The highest BCUT2D eigenvalue weighted by molar-refractivity contribution is 8.00. The summed E-state index contributed by atoms with van der Waals surface area (Å²) in [5, 5.41) is 19.2. The molecule has 3 atom stereocenters. The number of fused-ring (bicyclic) bond motifs is 1. The first-order valence-corrected chi connectivity index (χ1v) is 12.8. The van der Waals surface area contributed by atoms with Crippen molar-refractivity contribution in [3.05, 3.63) is 59.3 Å². The van der Waals surface area contributed by atoms with Crippen molar-refractivity contribution < 1.29 is 51.8 Å². The molecule has 5 N–H and O–H groups in total. The zero-order chi connectivity index (χ0) is 30.4. The van der Waals surface area contributed by atoms with Crippen molar-refractivity contribution in [1.82, 2.24) is 10.2 Å². The number of thioether (sulfide) groups is 1. The number of alkyl halides is 3. The fraction of sp³-hybridized carbons (Fsp3) is 0.400. The van der Waals surface area contributed by atoms with E-state index < -0.39 is 47.4 Å². The van der Waals surface area contributed by atoms with Crippen molar-refractivity contribution in [2.24, 2.45) is 5.73 Å². The molecule has 0 unspecified atom stereocenters. The smallest absolute Gasteiger partial charge is 0.477 e. The Labute approximate surface area is 232 Å². The van der Waals surface area contributed by atoms with Gasteiger partial charge in [-0.1, -0.05) is 36.4 Å². The molecule has 0 saturated carbocycles. The fourth-order valence-corrected chi connectivity index (χ4v) is 5.06. The molecule has 1 aromatic carbocycles. The minimum atomic E-state index is -5.08. The van der Waals surface area contributed by atoms with Gasteiger partial charge >= 0.3 is 18.1 Å². The zero-order valence-corrected chi connectivity index (χ0v) is 22.7. The molecule has 0 bridgehead atoms. The Balaban J connectivity index is 0.000000708. The van der Waals surface area contributed by atoms with Gasteiger partial charge in [0, 0.05) is 5.75 Å². The molecule has 3 amide bonds. The molecule has 0 aliphatic carbocycles. The SMILES string of the molecule is C[C@H](C(N)=O)[N+](C)(C)C/C=C/C1=C(C(=O)O)N2C(=O)[C@@H](NC(=O)Cc3ccccc3)[C@H]2SC1.O=C(O)C(F)(F)F. The molecule has 2 aliphatic rings. The van der Waals surface area contributed by atoms with E-state index in [9.17, 15) is 37.5 Å². The van der Waals surface area contributed by atoms with E-state index in [1.54, 1.807) is 19.1 Å². The van der Waals surface area contributed by atoms with Crippen molar-refractivity contribution in [1.29, 1.82) is 0 Å². The Kier molecular flexibility index (Phi) is 10.5. The van der Waals surface area contributed by atoms with Crippen LogP contribution >= 0.6 is 11.8 Å². The van der Waals surface area contributed by atoms with Gasteiger partial charge in [0.1, 0.15) is 17.1 Å². The van der Waals surface area contributed by atoms with Crippen LogP contribution in [-0.4, -0.2) is 99.3 Å². The van der Waals surface area contributed by atoms with Gasteiger partial charge in [-0.05, 0) is 24.1 Å². The van der Waals surface area contributed by atoms with E-state index in [-0.39, 0.29) is 18.0 Å². The predicted molar refractivity (Wildman–Crippen MR) is 138 cm³/mol. The van der Waals surface area contributed by atoms with E-state index in [2.05, 4.69) is 5.32 Å². The molecule has 2 heterocycles. The number of β-lactam (4-membered cyclic amide) rings is 1. The molecule has 0 radical (unpaired) electrons. The number of aliphatic carboxylic acids is 2. The van der Waals surface area contributed by atoms with E-state index in [1.807, 2.05) is 44.4 Å². The number of likely N-dealkylation sites (N-methyl/N-ethyl adjacent to an activating group) is 1. The molecule has 218 valence electrons. The largest absolute Gasteiger partial charge is 0.490 e. The molecule has 3 rings (SSSR count). The van der Waals surface area contributed by atoms with E-state index in [1.165, 1.54) is 16.7 Å². The summed E-state index contributed by atoms with van der Waals surface area (Å²) in [6.45, 7) is 2.20. The summed E-state index contributed by atoms with van der Waals surface area (Å²) in [6.07, 6.45) is -1.45. The number of nitrogens with two attached hydrogens (primary N) is 1. The molecular weight excluding hydrogens is 557 g/mol. The molecule has 1 fully saturated rings. The molecule has 40 heavy (non-hydrogen) atoms. The molecule has 1 aromatic rings. The lowest BCUT2D eigenvalue weighted by Gasteiger charge is -2.49. The predicted octanol–water partition coefficient (Wildman–Crippen LogP) is 1.11. The Bertz CT molecular complexity index is 1220. The average molecular weight is 588 g/mol. The van der Waals surface area contributed by atoms with Crippen LogP contribution in [0.25, 0.3) is 0 Å². The van der Waals surface area contributed by atoms with Crippen molar-refractivity contribution in [3.8, 4) is 0 Å². The highest BCUT2D eigenvalue weighted by Crippen LogP contribution is 2.40. The topological polar surface area (TPSA) is 167 Å². The standard InChI is InChI=1S/C23H28N4O5S.C2HF3O2/c1-14(20(24)29)27(2,3)11-7-10-16-13-33-22-18(21(30)26(22)19(16)23(31)32)25-17(28)12-15-8-5-4-6-9-15;3-2(4,5)1(6)7/h4-10,14,18,22H,11-13H2,1-3H3,(H3-,24,25,28,29,31,32);(H,6,7)/p+1/b10-7+;/t14-,18-,22-;/m1./s1. The molecular formula is C25H30F3N4O7S+. The van der Waals surface area contributed by atoms with Gasteiger partial charge in [0.25, 0.3) is 11.8 Å². The number of carbonyl (C=O) groups is 5. The van der Waals surface area contributed by atoms with Gasteiger partial charge in [0.2, 0.25) is 5.91 Å². The Morgan fingerprint density at radius 2 is 1.77 bits per heavy atom.